The minimum absolute atomic E-state index is 0.257. The molecule has 0 saturated heterocycles. The summed E-state index contributed by atoms with van der Waals surface area (Å²) in [5.74, 6) is 2.80. The third-order valence-electron chi connectivity index (χ3n) is 3.71. The number of fused-ring (bicyclic) bond motifs is 1. The number of nitrogens with zero attached hydrogens (tertiary/aromatic N) is 1. The fourth-order valence-corrected chi connectivity index (χ4v) is 3.17. The van der Waals surface area contributed by atoms with Gasteiger partial charge in [0, 0.05) is 11.6 Å². The molecule has 2 heterocycles. The molecule has 0 amide bonds. The van der Waals surface area contributed by atoms with E-state index in [0.29, 0.717) is 17.2 Å². The third-order valence-corrected chi connectivity index (χ3v) is 5.07. The number of hydrogen-bond acceptors (Lipinski definition) is 4. The smallest absolute Gasteiger partial charge is 0.190 e. The summed E-state index contributed by atoms with van der Waals surface area (Å²) in [6.45, 7) is 0.432. The minimum atomic E-state index is -0.257. The van der Waals surface area contributed by atoms with Crippen LogP contribution in [0.25, 0.3) is 0 Å². The second kappa shape index (κ2) is 5.10. The largest absolute Gasteiger partial charge is 0.485 e. The highest BCUT2D eigenvalue weighted by Crippen LogP contribution is 2.43. The van der Waals surface area contributed by atoms with Crippen LogP contribution in [0.5, 0.6) is 11.5 Å². The molecule has 21 heavy (non-hydrogen) atoms. The first-order valence-electron chi connectivity index (χ1n) is 6.90. The van der Waals surface area contributed by atoms with Crippen molar-refractivity contribution in [1.82, 2.24) is 9.97 Å². The number of halogens is 1. The van der Waals surface area contributed by atoms with Crippen LogP contribution in [-0.4, -0.2) is 16.6 Å². The maximum atomic E-state index is 5.99. The van der Waals surface area contributed by atoms with Crippen LogP contribution in [0.2, 0.25) is 0 Å². The first-order valence-corrected chi connectivity index (χ1v) is 8.10. The number of para-hydroxylation sites is 2. The van der Waals surface area contributed by atoms with E-state index in [0.717, 1.165) is 27.5 Å². The number of rotatable bonds is 2. The first-order chi connectivity index (χ1) is 10.2. The van der Waals surface area contributed by atoms with Gasteiger partial charge in [0.25, 0.3) is 0 Å². The second-order valence-corrected chi connectivity index (χ2v) is 6.47. The van der Waals surface area contributed by atoms with Crippen LogP contribution in [-0.2, 0) is 0 Å². The van der Waals surface area contributed by atoms with E-state index in [1.807, 2.05) is 24.3 Å². The van der Waals surface area contributed by atoms with E-state index in [1.165, 1.54) is 12.8 Å². The molecule has 0 spiro atoms. The SMILES string of the molecule is S=c1nc(C2COc3ccccc3O2)[nH]c(C2CC2)c1Br. The average Bonchev–Trinajstić information content (AvgIpc) is 3.34. The second-order valence-electron chi connectivity index (χ2n) is 5.29. The summed E-state index contributed by atoms with van der Waals surface area (Å²) in [6, 6.07) is 7.66. The van der Waals surface area contributed by atoms with E-state index in [4.69, 9.17) is 21.7 Å². The molecule has 4 nitrogen and oxygen atoms in total. The number of ether oxygens (including phenoxy) is 2. The molecular formula is C15H13BrN2O2S. The summed E-state index contributed by atoms with van der Waals surface area (Å²) in [5, 5.41) is 0. The topological polar surface area (TPSA) is 47.1 Å². The van der Waals surface area contributed by atoms with Crippen molar-refractivity contribution in [3.8, 4) is 11.5 Å². The van der Waals surface area contributed by atoms with Gasteiger partial charge in [0.15, 0.2) is 23.4 Å². The molecule has 4 rings (SSSR count). The summed E-state index contributed by atoms with van der Waals surface area (Å²) in [4.78, 5) is 7.83. The quantitative estimate of drug-likeness (QED) is 0.807. The zero-order valence-electron chi connectivity index (χ0n) is 11.1. The first kappa shape index (κ1) is 13.3. The highest BCUT2D eigenvalue weighted by atomic mass is 79.9. The molecule has 1 aliphatic carbocycles. The normalized spacial score (nSPS) is 20.3. The standard InChI is InChI=1S/C15H13BrN2O2S/c16-12-13(8-5-6-8)17-14(18-15(12)21)11-7-19-9-3-1-2-4-10(9)20-11/h1-4,8,11H,5-7H2,(H,17,18,21). The van der Waals surface area contributed by atoms with Crippen molar-refractivity contribution in [3.63, 3.8) is 0 Å². The van der Waals surface area contributed by atoms with Gasteiger partial charge in [0.1, 0.15) is 11.2 Å². The van der Waals surface area contributed by atoms with Crippen LogP contribution in [0, 0.1) is 4.64 Å². The van der Waals surface area contributed by atoms with Crippen LogP contribution < -0.4 is 9.47 Å². The number of benzene rings is 1. The zero-order valence-corrected chi connectivity index (χ0v) is 13.5. The molecule has 6 heteroatoms. The van der Waals surface area contributed by atoms with E-state index in [9.17, 15) is 0 Å². The minimum Gasteiger partial charge on any atom is -0.485 e. The lowest BCUT2D eigenvalue weighted by Gasteiger charge is -2.26. The lowest BCUT2D eigenvalue weighted by Crippen LogP contribution is -2.24. The van der Waals surface area contributed by atoms with Gasteiger partial charge in [0.05, 0.1) is 4.47 Å². The average molecular weight is 365 g/mol. The summed E-state index contributed by atoms with van der Waals surface area (Å²) in [7, 11) is 0. The van der Waals surface area contributed by atoms with E-state index in [2.05, 4.69) is 25.9 Å². The monoisotopic (exact) mass is 364 g/mol. The van der Waals surface area contributed by atoms with Gasteiger partial charge in [-0.25, -0.2) is 4.98 Å². The molecule has 1 aliphatic heterocycles. The Bertz CT molecular complexity index is 758. The highest BCUT2D eigenvalue weighted by Gasteiger charge is 2.30. The molecule has 1 N–H and O–H groups in total. The van der Waals surface area contributed by atoms with Gasteiger partial charge in [-0.2, -0.15) is 0 Å². The van der Waals surface area contributed by atoms with Gasteiger partial charge in [-0.3, -0.25) is 0 Å². The van der Waals surface area contributed by atoms with Gasteiger partial charge in [-0.15, -0.1) is 0 Å². The van der Waals surface area contributed by atoms with Gasteiger partial charge in [-0.05, 0) is 40.9 Å². The lowest BCUT2D eigenvalue weighted by atomic mass is 10.2. The molecular weight excluding hydrogens is 352 g/mol. The van der Waals surface area contributed by atoms with Gasteiger partial charge < -0.3 is 14.5 Å². The summed E-state index contributed by atoms with van der Waals surface area (Å²) < 4.78 is 13.2. The number of aromatic amines is 1. The molecule has 1 unspecified atom stereocenters. The Hall–Kier alpha value is -1.40. The Kier molecular flexibility index (Phi) is 3.23. The van der Waals surface area contributed by atoms with Crippen LogP contribution in [0.1, 0.15) is 36.4 Å². The van der Waals surface area contributed by atoms with Crippen LogP contribution in [0.3, 0.4) is 0 Å². The van der Waals surface area contributed by atoms with Crippen molar-refractivity contribution in [2.45, 2.75) is 24.9 Å². The van der Waals surface area contributed by atoms with Crippen LogP contribution in [0.15, 0.2) is 28.7 Å². The van der Waals surface area contributed by atoms with E-state index < -0.39 is 0 Å². The maximum absolute atomic E-state index is 5.99. The Balaban J connectivity index is 1.70. The van der Waals surface area contributed by atoms with E-state index in [-0.39, 0.29) is 6.10 Å². The molecule has 2 aromatic rings. The molecule has 1 aromatic heterocycles. The van der Waals surface area contributed by atoms with E-state index >= 15 is 0 Å². The van der Waals surface area contributed by atoms with Crippen molar-refractivity contribution in [2.24, 2.45) is 0 Å². The number of H-pyrrole nitrogens is 1. The summed E-state index contributed by atoms with van der Waals surface area (Å²) in [6.07, 6.45) is 2.13. The van der Waals surface area contributed by atoms with Crippen molar-refractivity contribution in [1.29, 1.82) is 0 Å². The Morgan fingerprint density at radius 1 is 1.24 bits per heavy atom. The van der Waals surface area contributed by atoms with Gasteiger partial charge in [0.2, 0.25) is 0 Å². The fourth-order valence-electron chi connectivity index (χ4n) is 2.45. The number of hydrogen-bond donors (Lipinski definition) is 1. The van der Waals surface area contributed by atoms with Gasteiger partial charge in [-0.1, -0.05) is 24.4 Å². The molecule has 1 atom stereocenters. The highest BCUT2D eigenvalue weighted by molar-refractivity contribution is 9.10. The van der Waals surface area contributed by atoms with Crippen molar-refractivity contribution >= 4 is 28.1 Å². The van der Waals surface area contributed by atoms with Crippen molar-refractivity contribution < 1.29 is 9.47 Å². The van der Waals surface area contributed by atoms with Gasteiger partial charge >= 0.3 is 0 Å². The van der Waals surface area contributed by atoms with Crippen LogP contribution >= 0.6 is 28.1 Å². The van der Waals surface area contributed by atoms with E-state index in [1.54, 1.807) is 0 Å². The Morgan fingerprint density at radius 3 is 2.76 bits per heavy atom. The molecule has 0 bridgehead atoms. The maximum Gasteiger partial charge on any atom is 0.190 e. The molecule has 1 aromatic carbocycles. The molecule has 1 fully saturated rings. The lowest BCUT2D eigenvalue weighted by molar-refractivity contribution is 0.0847. The Labute approximate surface area is 135 Å². The zero-order chi connectivity index (χ0) is 14.4. The predicted molar refractivity (Wildman–Crippen MR) is 84.4 cm³/mol. The van der Waals surface area contributed by atoms with Crippen LogP contribution in [0.4, 0.5) is 0 Å². The van der Waals surface area contributed by atoms with Crippen molar-refractivity contribution in [2.75, 3.05) is 6.61 Å². The molecule has 1 saturated carbocycles. The molecule has 0 radical (unpaired) electrons. The summed E-state index contributed by atoms with van der Waals surface area (Å²) in [5.41, 5.74) is 1.13. The number of aromatic nitrogens is 2. The predicted octanol–water partition coefficient (Wildman–Crippen LogP) is 4.29. The Morgan fingerprint density at radius 2 is 2.00 bits per heavy atom. The van der Waals surface area contributed by atoms with Crippen molar-refractivity contribution in [3.05, 3.63) is 44.9 Å². The third kappa shape index (κ3) is 2.46. The fraction of sp³-hybridized carbons (Fsp3) is 0.333. The molecule has 108 valence electrons. The summed E-state index contributed by atoms with van der Waals surface area (Å²) >= 11 is 8.88. The molecule has 2 aliphatic rings. The number of nitrogens with one attached hydrogen (secondary N) is 1.